The Hall–Kier alpha value is -0.970. The number of aromatic nitrogens is 1. The van der Waals surface area contributed by atoms with Gasteiger partial charge in [0.15, 0.2) is 0 Å². The van der Waals surface area contributed by atoms with Gasteiger partial charge in [0.05, 0.1) is 0 Å². The molecule has 0 aromatic carbocycles. The predicted octanol–water partition coefficient (Wildman–Crippen LogP) is 0.338. The third-order valence-corrected chi connectivity index (χ3v) is 2.61. The van der Waals surface area contributed by atoms with Crippen LogP contribution in [0.3, 0.4) is 0 Å². The van der Waals surface area contributed by atoms with Gasteiger partial charge in [-0.2, -0.15) is 0 Å². The molecular formula is C10H16N4. The fourth-order valence-corrected chi connectivity index (χ4v) is 1.83. The Morgan fingerprint density at radius 1 is 1.36 bits per heavy atom. The van der Waals surface area contributed by atoms with E-state index in [9.17, 15) is 0 Å². The zero-order chi connectivity index (χ0) is 9.80. The molecule has 76 valence electrons. The van der Waals surface area contributed by atoms with E-state index in [1.807, 2.05) is 24.5 Å². The van der Waals surface area contributed by atoms with Crippen LogP contribution in [0.1, 0.15) is 24.4 Å². The molecule has 1 aromatic rings. The number of nitrogens with zero attached hydrogens (tertiary/aromatic N) is 1. The van der Waals surface area contributed by atoms with Gasteiger partial charge in [0, 0.05) is 24.5 Å². The highest BCUT2D eigenvalue weighted by Gasteiger charge is 2.23. The first-order valence-electron chi connectivity index (χ1n) is 5.01. The number of hydrogen-bond donors (Lipinski definition) is 3. The third kappa shape index (κ3) is 2.09. The monoisotopic (exact) mass is 192 g/mol. The summed E-state index contributed by atoms with van der Waals surface area (Å²) < 4.78 is 0. The molecule has 1 aliphatic heterocycles. The maximum Gasteiger partial charge on any atom is 0.0478 e. The fraction of sp³-hybridized carbons (Fsp3) is 0.500. The number of hydrazine groups is 1. The molecule has 0 radical (unpaired) electrons. The molecule has 1 fully saturated rings. The van der Waals surface area contributed by atoms with Crippen LogP contribution in [0.2, 0.25) is 0 Å². The number of nitrogens with one attached hydrogen (secondary N) is 2. The van der Waals surface area contributed by atoms with E-state index in [4.69, 9.17) is 5.73 Å². The Labute approximate surface area is 83.9 Å². The van der Waals surface area contributed by atoms with Crippen LogP contribution in [0.15, 0.2) is 24.5 Å². The molecule has 0 saturated carbocycles. The van der Waals surface area contributed by atoms with E-state index < -0.39 is 0 Å². The van der Waals surface area contributed by atoms with Gasteiger partial charge in [0.1, 0.15) is 0 Å². The van der Waals surface area contributed by atoms with Crippen LogP contribution in [0, 0.1) is 0 Å². The minimum Gasteiger partial charge on any atom is -0.330 e. The summed E-state index contributed by atoms with van der Waals surface area (Å²) in [5.74, 6) is 0. The van der Waals surface area contributed by atoms with Gasteiger partial charge in [-0.15, -0.1) is 0 Å². The largest absolute Gasteiger partial charge is 0.330 e. The molecule has 2 atom stereocenters. The van der Waals surface area contributed by atoms with Crippen molar-refractivity contribution in [2.75, 3.05) is 6.54 Å². The van der Waals surface area contributed by atoms with E-state index in [-0.39, 0.29) is 0 Å². The molecule has 4 nitrogen and oxygen atoms in total. The number of pyridine rings is 1. The molecule has 0 spiro atoms. The van der Waals surface area contributed by atoms with Gasteiger partial charge in [-0.25, -0.2) is 0 Å². The molecular weight excluding hydrogens is 176 g/mol. The Kier molecular flexibility index (Phi) is 3.08. The van der Waals surface area contributed by atoms with Gasteiger partial charge < -0.3 is 5.73 Å². The van der Waals surface area contributed by atoms with Crippen LogP contribution in [-0.2, 0) is 0 Å². The molecule has 1 saturated heterocycles. The van der Waals surface area contributed by atoms with Crippen LogP contribution in [0.4, 0.5) is 0 Å². The molecule has 0 aliphatic carbocycles. The lowest BCUT2D eigenvalue weighted by molar-refractivity contribution is 0.521. The Balaban J connectivity index is 1.96. The summed E-state index contributed by atoms with van der Waals surface area (Å²) in [6.45, 7) is 0.739. The van der Waals surface area contributed by atoms with Crippen LogP contribution in [0.25, 0.3) is 0 Å². The van der Waals surface area contributed by atoms with Crippen LogP contribution in [0.5, 0.6) is 0 Å². The summed E-state index contributed by atoms with van der Waals surface area (Å²) >= 11 is 0. The SMILES string of the molecule is NCCC1CC(c2ccncc2)NN1. The molecule has 0 bridgehead atoms. The maximum absolute atomic E-state index is 5.51. The van der Waals surface area contributed by atoms with Crippen molar-refractivity contribution in [2.24, 2.45) is 5.73 Å². The predicted molar refractivity (Wildman–Crippen MR) is 55.3 cm³/mol. The second-order valence-corrected chi connectivity index (χ2v) is 3.63. The lowest BCUT2D eigenvalue weighted by atomic mass is 10.0. The molecule has 4 heteroatoms. The lowest BCUT2D eigenvalue weighted by Crippen LogP contribution is -2.32. The molecule has 2 rings (SSSR count). The van der Waals surface area contributed by atoms with Crippen molar-refractivity contribution < 1.29 is 0 Å². The van der Waals surface area contributed by atoms with Gasteiger partial charge in [-0.3, -0.25) is 15.8 Å². The fourth-order valence-electron chi connectivity index (χ4n) is 1.83. The quantitative estimate of drug-likeness (QED) is 0.646. The van der Waals surface area contributed by atoms with Crippen molar-refractivity contribution >= 4 is 0 Å². The van der Waals surface area contributed by atoms with E-state index in [1.54, 1.807) is 0 Å². The summed E-state index contributed by atoms with van der Waals surface area (Å²) in [5.41, 5.74) is 13.3. The third-order valence-electron chi connectivity index (χ3n) is 2.61. The van der Waals surface area contributed by atoms with Crippen molar-refractivity contribution in [3.63, 3.8) is 0 Å². The van der Waals surface area contributed by atoms with Crippen molar-refractivity contribution in [2.45, 2.75) is 24.9 Å². The van der Waals surface area contributed by atoms with Gasteiger partial charge >= 0.3 is 0 Å². The summed E-state index contributed by atoms with van der Waals surface area (Å²) in [7, 11) is 0. The zero-order valence-electron chi connectivity index (χ0n) is 8.11. The number of hydrogen-bond acceptors (Lipinski definition) is 4. The van der Waals surface area contributed by atoms with E-state index in [0.29, 0.717) is 12.1 Å². The van der Waals surface area contributed by atoms with Gasteiger partial charge in [-0.1, -0.05) is 0 Å². The Morgan fingerprint density at radius 3 is 2.86 bits per heavy atom. The molecule has 1 aliphatic rings. The molecule has 4 N–H and O–H groups in total. The van der Waals surface area contributed by atoms with Crippen molar-refractivity contribution in [3.05, 3.63) is 30.1 Å². The zero-order valence-corrected chi connectivity index (χ0v) is 8.11. The minimum atomic E-state index is 0.398. The average Bonchev–Trinajstić information content (AvgIpc) is 2.68. The lowest BCUT2D eigenvalue weighted by Gasteiger charge is -2.08. The van der Waals surface area contributed by atoms with E-state index in [0.717, 1.165) is 19.4 Å². The average molecular weight is 192 g/mol. The van der Waals surface area contributed by atoms with Gasteiger partial charge in [0.25, 0.3) is 0 Å². The molecule has 2 heterocycles. The van der Waals surface area contributed by atoms with Crippen LogP contribution in [-0.4, -0.2) is 17.6 Å². The highest BCUT2D eigenvalue weighted by molar-refractivity contribution is 5.16. The molecule has 1 aromatic heterocycles. The number of rotatable bonds is 3. The van der Waals surface area contributed by atoms with Crippen molar-refractivity contribution in [3.8, 4) is 0 Å². The first kappa shape index (κ1) is 9.58. The van der Waals surface area contributed by atoms with Crippen molar-refractivity contribution in [1.29, 1.82) is 0 Å². The van der Waals surface area contributed by atoms with E-state index in [1.165, 1.54) is 5.56 Å². The summed E-state index contributed by atoms with van der Waals surface area (Å²) in [4.78, 5) is 4.00. The highest BCUT2D eigenvalue weighted by Crippen LogP contribution is 2.22. The second-order valence-electron chi connectivity index (χ2n) is 3.63. The van der Waals surface area contributed by atoms with Crippen LogP contribution >= 0.6 is 0 Å². The first-order valence-corrected chi connectivity index (χ1v) is 5.01. The Morgan fingerprint density at radius 2 is 2.14 bits per heavy atom. The molecule has 14 heavy (non-hydrogen) atoms. The van der Waals surface area contributed by atoms with E-state index >= 15 is 0 Å². The smallest absolute Gasteiger partial charge is 0.0478 e. The Bertz CT molecular complexity index is 275. The topological polar surface area (TPSA) is 63.0 Å². The van der Waals surface area contributed by atoms with Gasteiger partial charge in [-0.05, 0) is 37.1 Å². The standard InChI is InChI=1S/C10H16N4/c11-4-1-9-7-10(14-13-9)8-2-5-12-6-3-8/h2-3,5-6,9-10,13-14H,1,4,7,11H2. The number of nitrogens with two attached hydrogens (primary N) is 1. The molecule has 0 amide bonds. The highest BCUT2D eigenvalue weighted by atomic mass is 15.4. The second kappa shape index (κ2) is 4.50. The van der Waals surface area contributed by atoms with Crippen LogP contribution < -0.4 is 16.6 Å². The summed E-state index contributed by atoms with van der Waals surface area (Å²) in [6.07, 6.45) is 5.77. The van der Waals surface area contributed by atoms with Gasteiger partial charge in [0.2, 0.25) is 0 Å². The maximum atomic E-state index is 5.51. The van der Waals surface area contributed by atoms with E-state index in [2.05, 4.69) is 15.8 Å². The molecule has 2 unspecified atom stereocenters. The summed E-state index contributed by atoms with van der Waals surface area (Å²) in [6, 6.07) is 4.99. The first-order chi connectivity index (χ1) is 6.90. The van der Waals surface area contributed by atoms with Crippen molar-refractivity contribution in [1.82, 2.24) is 15.8 Å². The minimum absolute atomic E-state index is 0.398. The summed E-state index contributed by atoms with van der Waals surface area (Å²) in [5, 5.41) is 0. The normalized spacial score (nSPS) is 26.6.